The molecule has 0 saturated carbocycles. The normalized spacial score (nSPS) is 16.7. The Hall–Kier alpha value is -2.94. The topological polar surface area (TPSA) is 113 Å². The predicted octanol–water partition coefficient (Wildman–Crippen LogP) is 3.17. The molecule has 1 aromatic carbocycles. The number of halogens is 1. The molecule has 1 saturated heterocycles. The molecular formula is C17H19ClN6O3. The number of hydrogen-bond acceptors (Lipinski definition) is 7. The third-order valence-electron chi connectivity index (χ3n) is 4.47. The van der Waals surface area contributed by atoms with E-state index in [1.165, 1.54) is 6.33 Å². The molecule has 1 aliphatic heterocycles. The highest BCUT2D eigenvalue weighted by Crippen LogP contribution is 2.34. The average molecular weight is 391 g/mol. The van der Waals surface area contributed by atoms with Crippen molar-refractivity contribution in [3.63, 3.8) is 0 Å². The van der Waals surface area contributed by atoms with E-state index >= 15 is 0 Å². The summed E-state index contributed by atoms with van der Waals surface area (Å²) in [5, 5.41) is 12.0. The van der Waals surface area contributed by atoms with Gasteiger partial charge in [-0.25, -0.2) is 9.97 Å². The number of carbonyl (C=O) groups excluding carboxylic acids is 1. The maximum atomic E-state index is 12.3. The van der Waals surface area contributed by atoms with Gasteiger partial charge in [0.2, 0.25) is 11.6 Å². The van der Waals surface area contributed by atoms with Gasteiger partial charge in [0.25, 0.3) is 5.91 Å². The Balaban J connectivity index is 1.85. The Morgan fingerprint density at radius 1 is 1.33 bits per heavy atom. The van der Waals surface area contributed by atoms with Crippen molar-refractivity contribution in [3.05, 3.63) is 51.3 Å². The molecule has 142 valence electrons. The number of carbonyl (C=O) groups is 1. The highest BCUT2D eigenvalue weighted by molar-refractivity contribution is 6.33. The molecule has 1 aliphatic rings. The molecule has 0 bridgehead atoms. The zero-order chi connectivity index (χ0) is 19.4. The number of nitro groups is 1. The summed E-state index contributed by atoms with van der Waals surface area (Å²) in [6.07, 6.45) is 4.20. The molecule has 3 rings (SSSR count). The number of benzene rings is 1. The second-order valence-corrected chi connectivity index (χ2v) is 6.66. The van der Waals surface area contributed by atoms with Crippen LogP contribution in [-0.2, 0) is 0 Å². The molecule has 9 nitrogen and oxygen atoms in total. The highest BCUT2D eigenvalue weighted by atomic mass is 35.5. The van der Waals surface area contributed by atoms with Gasteiger partial charge in [0.15, 0.2) is 0 Å². The standard InChI is InChI=1S/C17H19ClN6O3/c1-11-6-4-5-9-23(11)16-14(24(26)27)15(19-10-20-16)21-22-17(25)12-7-2-3-8-13(12)18/h2-3,7-8,10-11H,4-6,9H2,1H3,(H,22,25)(H,19,20,21). The number of amides is 1. The molecule has 0 spiro atoms. The van der Waals surface area contributed by atoms with Crippen molar-refractivity contribution >= 4 is 34.8 Å². The molecule has 1 unspecified atom stereocenters. The highest BCUT2D eigenvalue weighted by Gasteiger charge is 2.31. The lowest BCUT2D eigenvalue weighted by atomic mass is 10.0. The Kier molecular flexibility index (Phi) is 5.70. The van der Waals surface area contributed by atoms with Gasteiger partial charge in [-0.3, -0.25) is 25.8 Å². The number of rotatable bonds is 5. The minimum Gasteiger partial charge on any atom is -0.348 e. The third-order valence-corrected chi connectivity index (χ3v) is 4.80. The van der Waals surface area contributed by atoms with E-state index in [9.17, 15) is 14.9 Å². The van der Waals surface area contributed by atoms with E-state index in [-0.39, 0.29) is 34.0 Å². The van der Waals surface area contributed by atoms with E-state index < -0.39 is 10.8 Å². The quantitative estimate of drug-likeness (QED) is 0.595. The van der Waals surface area contributed by atoms with Crippen molar-refractivity contribution in [2.75, 3.05) is 16.9 Å². The molecule has 10 heteroatoms. The summed E-state index contributed by atoms with van der Waals surface area (Å²) < 4.78 is 0. The van der Waals surface area contributed by atoms with Crippen LogP contribution in [-0.4, -0.2) is 33.4 Å². The molecular weight excluding hydrogens is 372 g/mol. The first-order valence-corrected chi connectivity index (χ1v) is 8.93. The van der Waals surface area contributed by atoms with Gasteiger partial charge in [-0.15, -0.1) is 0 Å². The van der Waals surface area contributed by atoms with Gasteiger partial charge in [-0.1, -0.05) is 23.7 Å². The number of hydrogen-bond donors (Lipinski definition) is 2. The molecule has 2 aromatic rings. The first-order chi connectivity index (χ1) is 13.0. The molecule has 2 N–H and O–H groups in total. The molecule has 27 heavy (non-hydrogen) atoms. The third kappa shape index (κ3) is 4.08. The summed E-state index contributed by atoms with van der Waals surface area (Å²) >= 11 is 6.00. The number of aromatic nitrogens is 2. The minimum absolute atomic E-state index is 0.0804. The summed E-state index contributed by atoms with van der Waals surface area (Å²) in [5.74, 6) is -0.360. The van der Waals surface area contributed by atoms with Gasteiger partial charge in [0.05, 0.1) is 15.5 Å². The zero-order valence-corrected chi connectivity index (χ0v) is 15.4. The van der Waals surface area contributed by atoms with E-state index in [0.29, 0.717) is 6.54 Å². The molecule has 0 aliphatic carbocycles. The molecule has 0 radical (unpaired) electrons. The van der Waals surface area contributed by atoms with Crippen LogP contribution in [0.5, 0.6) is 0 Å². The van der Waals surface area contributed by atoms with E-state index in [0.717, 1.165) is 19.3 Å². The van der Waals surface area contributed by atoms with Crippen LogP contribution in [0.25, 0.3) is 0 Å². The molecule has 1 atom stereocenters. The van der Waals surface area contributed by atoms with E-state index in [1.54, 1.807) is 24.3 Å². The van der Waals surface area contributed by atoms with Gasteiger partial charge in [0.1, 0.15) is 6.33 Å². The first-order valence-electron chi connectivity index (χ1n) is 8.56. The molecule has 1 amide bonds. The Labute approximate surface area is 160 Å². The van der Waals surface area contributed by atoms with Crippen molar-refractivity contribution in [3.8, 4) is 0 Å². The van der Waals surface area contributed by atoms with Gasteiger partial charge >= 0.3 is 5.69 Å². The largest absolute Gasteiger partial charge is 0.355 e. The predicted molar refractivity (Wildman–Crippen MR) is 102 cm³/mol. The van der Waals surface area contributed by atoms with Crippen LogP contribution in [0.4, 0.5) is 17.3 Å². The van der Waals surface area contributed by atoms with Gasteiger partial charge < -0.3 is 4.90 Å². The summed E-state index contributed by atoms with van der Waals surface area (Å²) in [5.41, 5.74) is 4.91. The monoisotopic (exact) mass is 390 g/mol. The SMILES string of the molecule is CC1CCCCN1c1ncnc(NNC(=O)c2ccccc2Cl)c1[N+](=O)[O-]. The van der Waals surface area contributed by atoms with Crippen LogP contribution in [0.15, 0.2) is 30.6 Å². The molecule has 2 heterocycles. The number of nitrogens with one attached hydrogen (secondary N) is 2. The van der Waals surface area contributed by atoms with Crippen LogP contribution in [0.1, 0.15) is 36.5 Å². The maximum absolute atomic E-state index is 12.3. The minimum atomic E-state index is -0.541. The van der Waals surface area contributed by atoms with E-state index in [2.05, 4.69) is 20.8 Å². The zero-order valence-electron chi connectivity index (χ0n) is 14.7. The second-order valence-electron chi connectivity index (χ2n) is 6.25. The lowest BCUT2D eigenvalue weighted by Crippen LogP contribution is -2.38. The Morgan fingerprint density at radius 3 is 2.81 bits per heavy atom. The van der Waals surface area contributed by atoms with Gasteiger partial charge in [-0.2, -0.15) is 0 Å². The van der Waals surface area contributed by atoms with Crippen molar-refractivity contribution in [2.45, 2.75) is 32.2 Å². The summed E-state index contributed by atoms with van der Waals surface area (Å²) in [6, 6.07) is 6.64. The number of hydrazine groups is 1. The fraction of sp³-hybridized carbons (Fsp3) is 0.353. The van der Waals surface area contributed by atoms with Gasteiger partial charge in [0, 0.05) is 12.6 Å². The van der Waals surface area contributed by atoms with Crippen molar-refractivity contribution in [1.82, 2.24) is 15.4 Å². The lowest BCUT2D eigenvalue weighted by molar-refractivity contribution is -0.383. The first kappa shape index (κ1) is 18.8. The fourth-order valence-electron chi connectivity index (χ4n) is 3.08. The van der Waals surface area contributed by atoms with E-state index in [4.69, 9.17) is 11.6 Å². The van der Waals surface area contributed by atoms with Crippen molar-refractivity contribution in [2.24, 2.45) is 0 Å². The maximum Gasteiger partial charge on any atom is 0.355 e. The second kappa shape index (κ2) is 8.17. The summed E-state index contributed by atoms with van der Waals surface area (Å²) in [4.78, 5) is 33.4. The Morgan fingerprint density at radius 2 is 2.11 bits per heavy atom. The van der Waals surface area contributed by atoms with Crippen LogP contribution in [0, 0.1) is 10.1 Å². The number of nitrogens with zero attached hydrogens (tertiary/aromatic N) is 4. The van der Waals surface area contributed by atoms with Crippen LogP contribution >= 0.6 is 11.6 Å². The molecule has 1 aromatic heterocycles. The van der Waals surface area contributed by atoms with Gasteiger partial charge in [-0.05, 0) is 38.3 Å². The smallest absolute Gasteiger partial charge is 0.348 e. The number of anilines is 2. The van der Waals surface area contributed by atoms with Crippen LogP contribution in [0.2, 0.25) is 5.02 Å². The average Bonchev–Trinajstić information content (AvgIpc) is 2.66. The van der Waals surface area contributed by atoms with Crippen molar-refractivity contribution in [1.29, 1.82) is 0 Å². The van der Waals surface area contributed by atoms with Crippen molar-refractivity contribution < 1.29 is 9.72 Å². The summed E-state index contributed by atoms with van der Waals surface area (Å²) in [7, 11) is 0. The van der Waals surface area contributed by atoms with E-state index in [1.807, 2.05) is 11.8 Å². The lowest BCUT2D eigenvalue weighted by Gasteiger charge is -2.33. The van der Waals surface area contributed by atoms with Crippen LogP contribution in [0.3, 0.4) is 0 Å². The summed E-state index contributed by atoms with van der Waals surface area (Å²) in [6.45, 7) is 2.70. The molecule has 1 fully saturated rings. The fourth-order valence-corrected chi connectivity index (χ4v) is 3.30. The Bertz CT molecular complexity index is 862. The van der Waals surface area contributed by atoms with Crippen LogP contribution < -0.4 is 15.8 Å². The number of piperidine rings is 1.